The molecule has 0 fully saturated rings. The van der Waals surface area contributed by atoms with Gasteiger partial charge in [0.05, 0.1) is 5.69 Å². The number of nitrogens with one attached hydrogen (secondary N) is 1. The molecule has 0 aliphatic heterocycles. The Hall–Kier alpha value is -1.98. The van der Waals surface area contributed by atoms with E-state index in [0.717, 1.165) is 4.90 Å². The summed E-state index contributed by atoms with van der Waals surface area (Å²) in [5.41, 5.74) is 0.0433. The van der Waals surface area contributed by atoms with Crippen LogP contribution >= 0.6 is 0 Å². The number of amides is 1. The molecule has 6 heteroatoms. The van der Waals surface area contributed by atoms with Crippen LogP contribution < -0.4 is 4.90 Å². The Labute approximate surface area is 79.8 Å². The standard InChI is InChI=1S/C8H10N2O4/c1-2-10(8(13)14)5-3-4-9-6(5)7(11)12/h3-4,9H,2H2,1H3,(H,11,12)(H,13,14). The molecule has 3 N–H and O–H groups in total. The van der Waals surface area contributed by atoms with E-state index in [2.05, 4.69) is 4.98 Å². The van der Waals surface area contributed by atoms with Crippen molar-refractivity contribution in [2.45, 2.75) is 6.92 Å². The molecule has 0 radical (unpaired) electrons. The van der Waals surface area contributed by atoms with E-state index < -0.39 is 12.1 Å². The molecule has 1 aromatic rings. The second kappa shape index (κ2) is 3.82. The number of hydrogen-bond donors (Lipinski definition) is 3. The third-order valence-corrected chi connectivity index (χ3v) is 1.78. The number of aromatic nitrogens is 1. The molecule has 0 saturated heterocycles. The number of hydrogen-bond acceptors (Lipinski definition) is 2. The molecule has 0 saturated carbocycles. The van der Waals surface area contributed by atoms with Crippen LogP contribution in [0.3, 0.4) is 0 Å². The van der Waals surface area contributed by atoms with Crippen molar-refractivity contribution >= 4 is 17.7 Å². The number of carboxylic acids is 1. The molecule has 0 atom stereocenters. The van der Waals surface area contributed by atoms with E-state index in [9.17, 15) is 9.59 Å². The average molecular weight is 198 g/mol. The predicted octanol–water partition coefficient (Wildman–Crippen LogP) is 1.22. The molecule has 14 heavy (non-hydrogen) atoms. The maximum Gasteiger partial charge on any atom is 0.411 e. The maximum atomic E-state index is 10.7. The second-order valence-electron chi connectivity index (χ2n) is 2.57. The van der Waals surface area contributed by atoms with Crippen molar-refractivity contribution in [1.29, 1.82) is 0 Å². The molecule has 0 bridgehead atoms. The predicted molar refractivity (Wildman–Crippen MR) is 48.8 cm³/mol. The van der Waals surface area contributed by atoms with Crippen molar-refractivity contribution in [1.82, 2.24) is 4.98 Å². The first-order valence-corrected chi connectivity index (χ1v) is 3.99. The highest BCUT2D eigenvalue weighted by atomic mass is 16.4. The third kappa shape index (κ3) is 1.68. The van der Waals surface area contributed by atoms with Crippen molar-refractivity contribution in [3.63, 3.8) is 0 Å². The lowest BCUT2D eigenvalue weighted by molar-refractivity contribution is 0.0692. The molecule has 1 aromatic heterocycles. The van der Waals surface area contributed by atoms with Crippen molar-refractivity contribution in [2.75, 3.05) is 11.4 Å². The molecule has 0 aliphatic rings. The third-order valence-electron chi connectivity index (χ3n) is 1.78. The summed E-state index contributed by atoms with van der Waals surface area (Å²) in [6.45, 7) is 1.83. The summed E-state index contributed by atoms with van der Waals surface area (Å²) in [6, 6.07) is 1.42. The van der Waals surface area contributed by atoms with Crippen LogP contribution in [0.5, 0.6) is 0 Å². The van der Waals surface area contributed by atoms with Gasteiger partial charge in [-0.2, -0.15) is 0 Å². The molecule has 0 aliphatic carbocycles. The Kier molecular flexibility index (Phi) is 2.76. The second-order valence-corrected chi connectivity index (χ2v) is 2.57. The molecule has 1 heterocycles. The van der Waals surface area contributed by atoms with Crippen molar-refractivity contribution in [3.05, 3.63) is 18.0 Å². The molecule has 6 nitrogen and oxygen atoms in total. The van der Waals surface area contributed by atoms with E-state index >= 15 is 0 Å². The van der Waals surface area contributed by atoms with Gasteiger partial charge < -0.3 is 15.2 Å². The topological polar surface area (TPSA) is 93.6 Å². The Balaban J connectivity index is 3.10. The summed E-state index contributed by atoms with van der Waals surface area (Å²) in [7, 11) is 0. The number of anilines is 1. The fourth-order valence-electron chi connectivity index (χ4n) is 1.17. The van der Waals surface area contributed by atoms with Gasteiger partial charge in [-0.3, -0.25) is 4.90 Å². The molecule has 1 amide bonds. The highest BCUT2D eigenvalue weighted by Gasteiger charge is 2.20. The van der Waals surface area contributed by atoms with Crippen molar-refractivity contribution in [3.8, 4) is 0 Å². The van der Waals surface area contributed by atoms with E-state index in [1.165, 1.54) is 12.3 Å². The fraction of sp³-hybridized carbons (Fsp3) is 0.250. The van der Waals surface area contributed by atoms with Gasteiger partial charge in [-0.1, -0.05) is 0 Å². The molecule has 0 unspecified atom stereocenters. The van der Waals surface area contributed by atoms with E-state index in [0.29, 0.717) is 0 Å². The first-order chi connectivity index (χ1) is 6.57. The summed E-state index contributed by atoms with van der Waals surface area (Å²) >= 11 is 0. The molecular formula is C8H10N2O4. The summed E-state index contributed by atoms with van der Waals surface area (Å²) in [5.74, 6) is -1.18. The first kappa shape index (κ1) is 10.1. The quantitative estimate of drug-likeness (QED) is 0.680. The van der Waals surface area contributed by atoms with Crippen LogP contribution in [0.2, 0.25) is 0 Å². The zero-order valence-electron chi connectivity index (χ0n) is 7.52. The van der Waals surface area contributed by atoms with Gasteiger partial charge in [-0.15, -0.1) is 0 Å². The number of carbonyl (C=O) groups is 2. The monoisotopic (exact) mass is 198 g/mol. The minimum Gasteiger partial charge on any atom is -0.477 e. The van der Waals surface area contributed by atoms with Gasteiger partial charge in [-0.25, -0.2) is 9.59 Å². The summed E-state index contributed by atoms with van der Waals surface area (Å²) in [6.07, 6.45) is 0.222. The largest absolute Gasteiger partial charge is 0.477 e. The van der Waals surface area contributed by atoms with Crippen molar-refractivity contribution < 1.29 is 19.8 Å². The van der Waals surface area contributed by atoms with Crippen LogP contribution in [0.15, 0.2) is 12.3 Å². The normalized spacial score (nSPS) is 9.79. The van der Waals surface area contributed by atoms with E-state index in [1.54, 1.807) is 6.92 Å². The van der Waals surface area contributed by atoms with E-state index in [4.69, 9.17) is 10.2 Å². The van der Waals surface area contributed by atoms with Crippen LogP contribution in [-0.2, 0) is 0 Å². The van der Waals surface area contributed by atoms with Crippen LogP contribution in [0.4, 0.5) is 10.5 Å². The number of nitrogens with zero attached hydrogens (tertiary/aromatic N) is 1. The average Bonchev–Trinajstić information content (AvgIpc) is 2.53. The van der Waals surface area contributed by atoms with Gasteiger partial charge in [0.1, 0.15) is 5.69 Å². The number of aromatic amines is 1. The van der Waals surface area contributed by atoms with Gasteiger partial charge in [0, 0.05) is 12.7 Å². The number of H-pyrrole nitrogens is 1. The van der Waals surface area contributed by atoms with Crippen LogP contribution in [0.25, 0.3) is 0 Å². The fourth-order valence-corrected chi connectivity index (χ4v) is 1.17. The molecule has 0 aromatic carbocycles. The van der Waals surface area contributed by atoms with Gasteiger partial charge in [-0.05, 0) is 13.0 Å². The number of rotatable bonds is 3. The number of carboxylic acid groups (broad SMARTS) is 2. The van der Waals surface area contributed by atoms with Crippen LogP contribution in [0.1, 0.15) is 17.4 Å². The van der Waals surface area contributed by atoms with E-state index in [1.807, 2.05) is 0 Å². The van der Waals surface area contributed by atoms with Crippen LogP contribution in [0, 0.1) is 0 Å². The van der Waals surface area contributed by atoms with E-state index in [-0.39, 0.29) is 17.9 Å². The van der Waals surface area contributed by atoms with Gasteiger partial charge in [0.2, 0.25) is 0 Å². The first-order valence-electron chi connectivity index (χ1n) is 3.99. The Morgan fingerprint density at radius 1 is 1.50 bits per heavy atom. The lowest BCUT2D eigenvalue weighted by Gasteiger charge is -2.15. The van der Waals surface area contributed by atoms with Gasteiger partial charge >= 0.3 is 12.1 Å². The highest BCUT2D eigenvalue weighted by Crippen LogP contribution is 2.19. The molecule has 0 spiro atoms. The van der Waals surface area contributed by atoms with Crippen molar-refractivity contribution in [2.24, 2.45) is 0 Å². The molecule has 76 valence electrons. The zero-order valence-corrected chi connectivity index (χ0v) is 7.52. The maximum absolute atomic E-state index is 10.7. The summed E-state index contributed by atoms with van der Waals surface area (Å²) in [4.78, 5) is 24.8. The van der Waals surface area contributed by atoms with Gasteiger partial charge in [0.25, 0.3) is 0 Å². The summed E-state index contributed by atoms with van der Waals surface area (Å²) < 4.78 is 0. The zero-order chi connectivity index (χ0) is 10.7. The minimum absolute atomic E-state index is 0.116. The molecule has 1 rings (SSSR count). The minimum atomic E-state index is -1.18. The molecular weight excluding hydrogens is 188 g/mol. The SMILES string of the molecule is CCN(C(=O)O)c1cc[nH]c1C(=O)O. The highest BCUT2D eigenvalue weighted by molar-refractivity contribution is 5.98. The lowest BCUT2D eigenvalue weighted by atomic mass is 10.3. The van der Waals surface area contributed by atoms with Crippen LogP contribution in [-0.4, -0.2) is 33.8 Å². The Bertz CT molecular complexity index is 358. The smallest absolute Gasteiger partial charge is 0.411 e. The Morgan fingerprint density at radius 3 is 2.57 bits per heavy atom. The number of aromatic carboxylic acids is 1. The lowest BCUT2D eigenvalue weighted by Crippen LogP contribution is -2.29. The summed E-state index contributed by atoms with van der Waals surface area (Å²) in [5, 5.41) is 17.5. The Morgan fingerprint density at radius 2 is 2.14 bits per heavy atom. The van der Waals surface area contributed by atoms with Gasteiger partial charge in [0.15, 0.2) is 0 Å².